The Kier molecular flexibility index (Phi) is 1.65. The number of hydrogen-bond acceptors (Lipinski definition) is 4. The lowest BCUT2D eigenvalue weighted by Crippen LogP contribution is -1.93. The molecule has 68 valence electrons. The van der Waals surface area contributed by atoms with Gasteiger partial charge in [0.05, 0.1) is 11.7 Å². The van der Waals surface area contributed by atoms with Crippen molar-refractivity contribution >= 4 is 11.3 Å². The minimum Gasteiger partial charge on any atom is -0.382 e. The highest BCUT2D eigenvalue weighted by atomic mass is 15.3. The Morgan fingerprint density at radius 2 is 2.15 bits per heavy atom. The molecular weight excluding hydrogens is 166 g/mol. The SMILES string of the molecule is CC(C)c1c(N)nn2cnncc12. The van der Waals surface area contributed by atoms with Gasteiger partial charge in [0.1, 0.15) is 12.1 Å². The van der Waals surface area contributed by atoms with E-state index in [1.807, 2.05) is 0 Å². The highest BCUT2D eigenvalue weighted by Crippen LogP contribution is 2.24. The molecule has 0 aliphatic rings. The summed E-state index contributed by atoms with van der Waals surface area (Å²) < 4.78 is 1.65. The van der Waals surface area contributed by atoms with Gasteiger partial charge in [0.2, 0.25) is 0 Å². The number of hydrogen-bond donors (Lipinski definition) is 1. The van der Waals surface area contributed by atoms with Crippen LogP contribution in [0.2, 0.25) is 0 Å². The molecule has 2 aromatic rings. The van der Waals surface area contributed by atoms with E-state index in [2.05, 4.69) is 29.1 Å². The van der Waals surface area contributed by atoms with Crippen LogP contribution in [0, 0.1) is 0 Å². The average Bonchev–Trinajstić information content (AvgIpc) is 2.39. The van der Waals surface area contributed by atoms with Crippen molar-refractivity contribution in [1.29, 1.82) is 0 Å². The lowest BCUT2D eigenvalue weighted by Gasteiger charge is -2.01. The van der Waals surface area contributed by atoms with Crippen molar-refractivity contribution in [2.24, 2.45) is 0 Å². The van der Waals surface area contributed by atoms with Crippen molar-refractivity contribution in [1.82, 2.24) is 19.8 Å². The number of nitrogen functional groups attached to an aromatic ring is 1. The summed E-state index contributed by atoms with van der Waals surface area (Å²) in [4.78, 5) is 0. The van der Waals surface area contributed by atoms with Crippen molar-refractivity contribution < 1.29 is 0 Å². The third-order valence-electron chi connectivity index (χ3n) is 2.00. The van der Waals surface area contributed by atoms with Crippen LogP contribution in [0.3, 0.4) is 0 Å². The molecule has 0 bridgehead atoms. The van der Waals surface area contributed by atoms with Crippen molar-refractivity contribution in [2.45, 2.75) is 19.8 Å². The number of nitrogens with zero attached hydrogens (tertiary/aromatic N) is 4. The van der Waals surface area contributed by atoms with Gasteiger partial charge in [-0.2, -0.15) is 5.10 Å². The van der Waals surface area contributed by atoms with Crippen LogP contribution in [0.5, 0.6) is 0 Å². The zero-order valence-electron chi connectivity index (χ0n) is 7.60. The summed E-state index contributed by atoms with van der Waals surface area (Å²) in [6, 6.07) is 0. The number of fused-ring (bicyclic) bond motifs is 1. The summed E-state index contributed by atoms with van der Waals surface area (Å²) in [6.45, 7) is 4.15. The van der Waals surface area contributed by atoms with Gasteiger partial charge in [-0.25, -0.2) is 4.52 Å². The van der Waals surface area contributed by atoms with Gasteiger partial charge in [-0.1, -0.05) is 13.8 Å². The highest BCUT2D eigenvalue weighted by Gasteiger charge is 2.12. The van der Waals surface area contributed by atoms with Crippen LogP contribution in [0.4, 0.5) is 5.82 Å². The fourth-order valence-corrected chi connectivity index (χ4v) is 1.45. The molecule has 0 aliphatic carbocycles. The second-order valence-electron chi connectivity index (χ2n) is 3.26. The van der Waals surface area contributed by atoms with E-state index >= 15 is 0 Å². The van der Waals surface area contributed by atoms with E-state index in [9.17, 15) is 0 Å². The molecule has 0 spiro atoms. The molecule has 2 rings (SSSR count). The van der Waals surface area contributed by atoms with Crippen LogP contribution in [0.15, 0.2) is 12.5 Å². The van der Waals surface area contributed by atoms with E-state index in [-0.39, 0.29) is 0 Å². The maximum Gasteiger partial charge on any atom is 0.150 e. The first kappa shape index (κ1) is 7.97. The minimum absolute atomic E-state index is 0.349. The lowest BCUT2D eigenvalue weighted by molar-refractivity contribution is 0.859. The number of aromatic nitrogens is 4. The van der Waals surface area contributed by atoms with Crippen molar-refractivity contribution in [3.8, 4) is 0 Å². The summed E-state index contributed by atoms with van der Waals surface area (Å²) in [5.41, 5.74) is 7.74. The average molecular weight is 177 g/mol. The molecule has 0 radical (unpaired) electrons. The number of anilines is 1. The summed E-state index contributed by atoms with van der Waals surface area (Å²) in [7, 11) is 0. The van der Waals surface area contributed by atoms with Gasteiger partial charge >= 0.3 is 0 Å². The molecule has 0 saturated carbocycles. The molecule has 0 amide bonds. The predicted octanol–water partition coefficient (Wildman–Crippen LogP) is 0.830. The minimum atomic E-state index is 0.349. The van der Waals surface area contributed by atoms with Crippen LogP contribution in [-0.4, -0.2) is 19.8 Å². The van der Waals surface area contributed by atoms with Crippen molar-refractivity contribution in [2.75, 3.05) is 5.73 Å². The van der Waals surface area contributed by atoms with Gasteiger partial charge in [0, 0.05) is 5.56 Å². The highest BCUT2D eigenvalue weighted by molar-refractivity contribution is 5.63. The molecule has 2 aromatic heterocycles. The molecule has 13 heavy (non-hydrogen) atoms. The van der Waals surface area contributed by atoms with E-state index in [0.717, 1.165) is 11.1 Å². The molecule has 0 fully saturated rings. The smallest absolute Gasteiger partial charge is 0.150 e. The van der Waals surface area contributed by atoms with E-state index in [1.165, 1.54) is 0 Å². The molecule has 0 saturated heterocycles. The Balaban J connectivity index is 2.78. The normalized spacial score (nSPS) is 11.3. The van der Waals surface area contributed by atoms with Gasteiger partial charge in [0.25, 0.3) is 0 Å². The summed E-state index contributed by atoms with van der Waals surface area (Å²) >= 11 is 0. The molecule has 0 unspecified atom stereocenters. The summed E-state index contributed by atoms with van der Waals surface area (Å²) in [5, 5.41) is 11.7. The quantitative estimate of drug-likeness (QED) is 0.700. The van der Waals surface area contributed by atoms with Crippen LogP contribution >= 0.6 is 0 Å². The fraction of sp³-hybridized carbons (Fsp3) is 0.375. The second-order valence-corrected chi connectivity index (χ2v) is 3.26. The lowest BCUT2D eigenvalue weighted by atomic mass is 10.1. The predicted molar refractivity (Wildman–Crippen MR) is 49.3 cm³/mol. The molecule has 0 aromatic carbocycles. The summed E-state index contributed by atoms with van der Waals surface area (Å²) in [6.07, 6.45) is 3.23. The second kappa shape index (κ2) is 2.69. The molecule has 0 atom stereocenters. The standard InChI is InChI=1S/C8H11N5/c1-5(2)7-6-3-10-11-4-13(6)12-8(7)9/h3-5H,1-2H3,(H2,9,12). The Labute approximate surface area is 75.6 Å². The Morgan fingerprint density at radius 1 is 1.38 bits per heavy atom. The third kappa shape index (κ3) is 1.12. The van der Waals surface area contributed by atoms with Gasteiger partial charge in [-0.3, -0.25) is 0 Å². The Bertz CT molecular complexity index is 431. The van der Waals surface area contributed by atoms with Crippen LogP contribution in [-0.2, 0) is 0 Å². The largest absolute Gasteiger partial charge is 0.382 e. The van der Waals surface area contributed by atoms with Crippen molar-refractivity contribution in [3.05, 3.63) is 18.1 Å². The molecule has 2 heterocycles. The molecule has 0 aliphatic heterocycles. The first-order chi connectivity index (χ1) is 6.20. The zero-order valence-corrected chi connectivity index (χ0v) is 7.60. The number of nitrogens with two attached hydrogens (primary N) is 1. The van der Waals surface area contributed by atoms with Gasteiger partial charge < -0.3 is 5.73 Å². The maximum absolute atomic E-state index is 5.77. The molecule has 5 heteroatoms. The Morgan fingerprint density at radius 3 is 2.85 bits per heavy atom. The first-order valence-corrected chi connectivity index (χ1v) is 4.14. The molecule has 5 nitrogen and oxygen atoms in total. The zero-order chi connectivity index (χ0) is 9.42. The van der Waals surface area contributed by atoms with E-state index < -0.39 is 0 Å². The van der Waals surface area contributed by atoms with Gasteiger partial charge in [-0.05, 0) is 5.92 Å². The van der Waals surface area contributed by atoms with Crippen LogP contribution in [0.1, 0.15) is 25.3 Å². The van der Waals surface area contributed by atoms with Crippen LogP contribution < -0.4 is 5.73 Å². The number of rotatable bonds is 1. The molecule has 2 N–H and O–H groups in total. The van der Waals surface area contributed by atoms with E-state index in [0.29, 0.717) is 11.7 Å². The monoisotopic (exact) mass is 177 g/mol. The third-order valence-corrected chi connectivity index (χ3v) is 2.00. The van der Waals surface area contributed by atoms with E-state index in [1.54, 1.807) is 17.0 Å². The summed E-state index contributed by atoms with van der Waals surface area (Å²) in [5.74, 6) is 0.909. The van der Waals surface area contributed by atoms with Gasteiger partial charge in [0.15, 0.2) is 0 Å². The molecular formula is C8H11N5. The van der Waals surface area contributed by atoms with E-state index in [4.69, 9.17) is 5.73 Å². The van der Waals surface area contributed by atoms with Crippen LogP contribution in [0.25, 0.3) is 5.52 Å². The fourth-order valence-electron chi connectivity index (χ4n) is 1.45. The van der Waals surface area contributed by atoms with Crippen molar-refractivity contribution in [3.63, 3.8) is 0 Å². The Hall–Kier alpha value is -1.65. The van der Waals surface area contributed by atoms with Gasteiger partial charge in [-0.15, -0.1) is 10.2 Å². The topological polar surface area (TPSA) is 69.1 Å². The maximum atomic E-state index is 5.77. The first-order valence-electron chi connectivity index (χ1n) is 4.14.